The van der Waals surface area contributed by atoms with E-state index in [1.54, 1.807) is 0 Å². The van der Waals surface area contributed by atoms with Crippen LogP contribution in [0.2, 0.25) is 0 Å². The maximum atomic E-state index is 10.1. The predicted molar refractivity (Wildman–Crippen MR) is 83.7 cm³/mol. The molecule has 1 unspecified atom stereocenters. The van der Waals surface area contributed by atoms with E-state index in [2.05, 4.69) is 32.6 Å². The molecule has 0 aliphatic carbocycles. The molecule has 0 saturated carbocycles. The van der Waals surface area contributed by atoms with E-state index in [1.165, 1.54) is 0 Å². The van der Waals surface area contributed by atoms with Crippen LogP contribution in [0.1, 0.15) is 33.3 Å². The molecule has 20 heavy (non-hydrogen) atoms. The summed E-state index contributed by atoms with van der Waals surface area (Å²) >= 11 is 0. The largest absolute Gasteiger partial charge is 0.389 e. The Morgan fingerprint density at radius 1 is 1.05 bits per heavy atom. The fourth-order valence-corrected chi connectivity index (χ4v) is 2.18. The minimum absolute atomic E-state index is 0.385. The van der Waals surface area contributed by atoms with Crippen LogP contribution in [0.3, 0.4) is 0 Å². The maximum Gasteiger partial charge on any atom is 0.0900 e. The van der Waals surface area contributed by atoms with Crippen molar-refractivity contribution in [2.45, 2.75) is 46.4 Å². The zero-order valence-corrected chi connectivity index (χ0v) is 13.2. The average molecular weight is 279 g/mol. The lowest BCUT2D eigenvalue weighted by Crippen LogP contribution is -2.41. The molecule has 0 aliphatic heterocycles. The van der Waals surface area contributed by atoms with Gasteiger partial charge in [-0.25, -0.2) is 0 Å². The van der Waals surface area contributed by atoms with Gasteiger partial charge in [-0.15, -0.1) is 0 Å². The van der Waals surface area contributed by atoms with Gasteiger partial charge >= 0.3 is 0 Å². The van der Waals surface area contributed by atoms with E-state index in [4.69, 9.17) is 4.74 Å². The van der Waals surface area contributed by atoms with E-state index in [-0.39, 0.29) is 0 Å². The first-order chi connectivity index (χ1) is 9.49. The van der Waals surface area contributed by atoms with Crippen LogP contribution < -0.4 is 0 Å². The van der Waals surface area contributed by atoms with Crippen LogP contribution in [0.5, 0.6) is 0 Å². The average Bonchev–Trinajstić information content (AvgIpc) is 2.38. The summed E-state index contributed by atoms with van der Waals surface area (Å²) in [7, 11) is 0. The smallest absolute Gasteiger partial charge is 0.0900 e. The first-order valence-corrected chi connectivity index (χ1v) is 7.52. The van der Waals surface area contributed by atoms with Crippen LogP contribution in [0.15, 0.2) is 30.3 Å². The summed E-state index contributed by atoms with van der Waals surface area (Å²) in [6, 6.07) is 10.5. The number of aliphatic hydroxyl groups is 1. The number of rotatable bonds is 9. The summed E-state index contributed by atoms with van der Waals surface area (Å²) in [5.74, 6) is 0.606. The highest BCUT2D eigenvalue weighted by atomic mass is 16.5. The number of aliphatic hydroxyl groups excluding tert-OH is 1. The summed E-state index contributed by atoms with van der Waals surface area (Å²) in [6.45, 7) is 11.4. The Morgan fingerprint density at radius 3 is 2.25 bits per heavy atom. The van der Waals surface area contributed by atoms with Crippen molar-refractivity contribution in [1.29, 1.82) is 0 Å². The molecule has 0 aromatic heterocycles. The second-order valence-electron chi connectivity index (χ2n) is 6.10. The van der Waals surface area contributed by atoms with Gasteiger partial charge in [-0.05, 0) is 25.3 Å². The van der Waals surface area contributed by atoms with Crippen LogP contribution in [0.4, 0.5) is 0 Å². The second-order valence-corrected chi connectivity index (χ2v) is 6.10. The van der Waals surface area contributed by atoms with Crippen molar-refractivity contribution in [2.75, 3.05) is 19.7 Å². The number of benzene rings is 1. The van der Waals surface area contributed by atoms with E-state index in [0.29, 0.717) is 31.7 Å². The maximum absolute atomic E-state index is 10.1. The third-order valence-electron chi connectivity index (χ3n) is 3.20. The van der Waals surface area contributed by atoms with E-state index in [0.717, 1.165) is 12.1 Å². The number of nitrogens with zero attached hydrogens (tertiary/aromatic N) is 1. The van der Waals surface area contributed by atoms with E-state index < -0.39 is 6.10 Å². The molecule has 1 atom stereocenters. The van der Waals surface area contributed by atoms with Gasteiger partial charge in [0.25, 0.3) is 0 Å². The van der Waals surface area contributed by atoms with Gasteiger partial charge in [-0.3, -0.25) is 4.90 Å². The van der Waals surface area contributed by atoms with Crippen molar-refractivity contribution in [2.24, 2.45) is 5.92 Å². The van der Waals surface area contributed by atoms with Crippen molar-refractivity contribution >= 4 is 0 Å². The summed E-state index contributed by atoms with van der Waals surface area (Å²) in [6.07, 6.45) is -0.431. The third-order valence-corrected chi connectivity index (χ3v) is 3.20. The normalized spacial score (nSPS) is 13.4. The molecule has 0 fully saturated rings. The van der Waals surface area contributed by atoms with Gasteiger partial charge in [0, 0.05) is 19.1 Å². The van der Waals surface area contributed by atoms with E-state index in [1.807, 2.05) is 30.3 Å². The third kappa shape index (κ3) is 7.04. The van der Waals surface area contributed by atoms with Gasteiger partial charge in [0.05, 0.1) is 19.3 Å². The Hall–Kier alpha value is -0.900. The van der Waals surface area contributed by atoms with Crippen molar-refractivity contribution in [3.8, 4) is 0 Å². The lowest BCUT2D eigenvalue weighted by molar-refractivity contribution is 0.00276. The van der Waals surface area contributed by atoms with Crippen LogP contribution in [0, 0.1) is 5.92 Å². The highest BCUT2D eigenvalue weighted by Gasteiger charge is 2.15. The highest BCUT2D eigenvalue weighted by Crippen LogP contribution is 2.06. The van der Waals surface area contributed by atoms with Crippen LogP contribution in [-0.2, 0) is 11.3 Å². The summed E-state index contributed by atoms with van der Waals surface area (Å²) in [5.41, 5.74) is 1.14. The summed E-state index contributed by atoms with van der Waals surface area (Å²) in [4.78, 5) is 2.31. The lowest BCUT2D eigenvalue weighted by atomic mass is 10.1. The van der Waals surface area contributed by atoms with Crippen molar-refractivity contribution in [3.63, 3.8) is 0 Å². The molecule has 114 valence electrons. The highest BCUT2D eigenvalue weighted by molar-refractivity contribution is 5.13. The zero-order valence-electron chi connectivity index (χ0n) is 13.2. The summed E-state index contributed by atoms with van der Waals surface area (Å²) < 4.78 is 5.59. The number of hydrogen-bond donors (Lipinski definition) is 1. The Kier molecular flexibility index (Phi) is 7.82. The molecular weight excluding hydrogens is 250 g/mol. The molecule has 0 aliphatic rings. The standard InChI is InChI=1S/C17H29NO2/c1-14(2)10-18(15(3)4)11-17(19)13-20-12-16-8-6-5-7-9-16/h5-9,14-15,17,19H,10-13H2,1-4H3. The Labute approximate surface area is 123 Å². The predicted octanol–water partition coefficient (Wildman–Crippen LogP) is 2.93. The van der Waals surface area contributed by atoms with Gasteiger partial charge < -0.3 is 9.84 Å². The molecule has 0 bridgehead atoms. The van der Waals surface area contributed by atoms with Crippen LogP contribution >= 0.6 is 0 Å². The molecule has 0 amide bonds. The molecule has 0 saturated heterocycles. The van der Waals surface area contributed by atoms with Crippen LogP contribution in [0.25, 0.3) is 0 Å². The quantitative estimate of drug-likeness (QED) is 0.754. The molecule has 0 radical (unpaired) electrons. The molecule has 0 spiro atoms. The SMILES string of the molecule is CC(C)CN(CC(O)COCc1ccccc1)C(C)C. The molecule has 1 aromatic carbocycles. The lowest BCUT2D eigenvalue weighted by Gasteiger charge is -2.30. The Balaban J connectivity index is 2.29. The topological polar surface area (TPSA) is 32.7 Å². The van der Waals surface area contributed by atoms with E-state index in [9.17, 15) is 5.11 Å². The van der Waals surface area contributed by atoms with Gasteiger partial charge in [0.1, 0.15) is 0 Å². The molecule has 3 heteroatoms. The molecule has 3 nitrogen and oxygen atoms in total. The molecular formula is C17H29NO2. The van der Waals surface area contributed by atoms with Crippen molar-refractivity contribution < 1.29 is 9.84 Å². The van der Waals surface area contributed by atoms with Gasteiger partial charge in [0.2, 0.25) is 0 Å². The zero-order chi connectivity index (χ0) is 15.0. The monoisotopic (exact) mass is 279 g/mol. The van der Waals surface area contributed by atoms with Gasteiger partial charge in [-0.1, -0.05) is 44.2 Å². The fraction of sp³-hybridized carbons (Fsp3) is 0.647. The first kappa shape index (κ1) is 17.2. The number of hydrogen-bond acceptors (Lipinski definition) is 3. The number of ether oxygens (including phenoxy) is 1. The van der Waals surface area contributed by atoms with Crippen molar-refractivity contribution in [3.05, 3.63) is 35.9 Å². The first-order valence-electron chi connectivity index (χ1n) is 7.52. The minimum Gasteiger partial charge on any atom is -0.389 e. The summed E-state index contributed by atoms with van der Waals surface area (Å²) in [5, 5.41) is 10.1. The fourth-order valence-electron chi connectivity index (χ4n) is 2.18. The van der Waals surface area contributed by atoms with Crippen molar-refractivity contribution in [1.82, 2.24) is 4.90 Å². The second kappa shape index (κ2) is 9.11. The molecule has 1 N–H and O–H groups in total. The van der Waals surface area contributed by atoms with Gasteiger partial charge in [0.15, 0.2) is 0 Å². The Bertz CT molecular complexity index is 351. The van der Waals surface area contributed by atoms with Gasteiger partial charge in [-0.2, -0.15) is 0 Å². The van der Waals surface area contributed by atoms with Crippen LogP contribution in [-0.4, -0.2) is 41.8 Å². The minimum atomic E-state index is -0.431. The Morgan fingerprint density at radius 2 is 1.70 bits per heavy atom. The molecule has 1 aromatic rings. The molecule has 1 rings (SSSR count). The molecule has 0 heterocycles. The van der Waals surface area contributed by atoms with E-state index >= 15 is 0 Å².